The lowest BCUT2D eigenvalue weighted by Crippen LogP contribution is -2.27. The highest BCUT2D eigenvalue weighted by Gasteiger charge is 2.16. The lowest BCUT2D eigenvalue weighted by atomic mass is 10.2. The van der Waals surface area contributed by atoms with Crippen LogP contribution >= 0.6 is 11.6 Å². The Kier molecular flexibility index (Phi) is 5.04. The van der Waals surface area contributed by atoms with Crippen molar-refractivity contribution in [2.24, 2.45) is 0 Å². The summed E-state index contributed by atoms with van der Waals surface area (Å²) in [4.78, 5) is 16.1. The van der Waals surface area contributed by atoms with Crippen LogP contribution in [0.5, 0.6) is 0 Å². The van der Waals surface area contributed by atoms with Crippen LogP contribution in [0, 0.1) is 11.6 Å². The summed E-state index contributed by atoms with van der Waals surface area (Å²) in [6.45, 7) is 0.127. The van der Waals surface area contributed by atoms with E-state index in [0.29, 0.717) is 0 Å². The van der Waals surface area contributed by atoms with Gasteiger partial charge in [0.15, 0.2) is 0 Å². The van der Waals surface area contributed by atoms with Crippen molar-refractivity contribution in [3.05, 3.63) is 70.6 Å². The van der Waals surface area contributed by atoms with Gasteiger partial charge in [-0.25, -0.2) is 8.78 Å². The second kappa shape index (κ2) is 7.40. The molecule has 3 rings (SSSR count). The van der Waals surface area contributed by atoms with Gasteiger partial charge in [0, 0.05) is 13.0 Å². The number of nitrogens with zero attached hydrogens (tertiary/aromatic N) is 2. The van der Waals surface area contributed by atoms with Crippen molar-refractivity contribution in [1.29, 1.82) is 0 Å². The van der Waals surface area contributed by atoms with E-state index in [1.54, 1.807) is 12.1 Å². The number of amides is 1. The first-order valence-electron chi connectivity index (χ1n) is 7.36. The molecule has 25 heavy (non-hydrogen) atoms. The number of rotatable bonds is 5. The molecule has 1 amide bonds. The molecule has 0 bridgehead atoms. The van der Waals surface area contributed by atoms with Crippen molar-refractivity contribution >= 4 is 17.5 Å². The molecule has 0 saturated carbocycles. The Hall–Kier alpha value is -2.80. The molecule has 0 spiro atoms. The van der Waals surface area contributed by atoms with Crippen LogP contribution in [0.4, 0.5) is 8.78 Å². The third kappa shape index (κ3) is 3.83. The molecule has 0 unspecified atom stereocenters. The maximum atomic E-state index is 13.7. The zero-order chi connectivity index (χ0) is 17.8. The maximum absolute atomic E-state index is 13.7. The summed E-state index contributed by atoms with van der Waals surface area (Å²) >= 11 is 5.83. The van der Waals surface area contributed by atoms with E-state index in [1.165, 1.54) is 24.3 Å². The Bertz CT molecular complexity index is 894. The summed E-state index contributed by atoms with van der Waals surface area (Å²) in [7, 11) is 0. The Morgan fingerprint density at radius 1 is 1.12 bits per heavy atom. The Morgan fingerprint density at radius 3 is 2.64 bits per heavy atom. The van der Waals surface area contributed by atoms with Crippen LogP contribution < -0.4 is 5.32 Å². The summed E-state index contributed by atoms with van der Waals surface area (Å²) in [6.07, 6.45) is 0.208. The van der Waals surface area contributed by atoms with Gasteiger partial charge >= 0.3 is 0 Å². The molecule has 5 nitrogen and oxygen atoms in total. The van der Waals surface area contributed by atoms with Crippen molar-refractivity contribution in [3.8, 4) is 11.4 Å². The second-order valence-electron chi connectivity index (χ2n) is 5.09. The highest BCUT2D eigenvalue weighted by molar-refractivity contribution is 6.33. The minimum absolute atomic E-state index is 0.0251. The largest absolute Gasteiger partial charge is 0.351 e. The van der Waals surface area contributed by atoms with Gasteiger partial charge in [-0.15, -0.1) is 0 Å². The van der Waals surface area contributed by atoms with Crippen LogP contribution in [0.3, 0.4) is 0 Å². The van der Waals surface area contributed by atoms with Gasteiger partial charge < -0.3 is 9.84 Å². The molecule has 0 atom stereocenters. The number of nitrogens with one attached hydrogen (secondary N) is 1. The quantitative estimate of drug-likeness (QED) is 0.751. The summed E-state index contributed by atoms with van der Waals surface area (Å²) in [6, 6.07) is 10.0. The van der Waals surface area contributed by atoms with E-state index < -0.39 is 17.5 Å². The van der Waals surface area contributed by atoms with Gasteiger partial charge in [0.2, 0.25) is 11.7 Å². The van der Waals surface area contributed by atoms with Gasteiger partial charge in [-0.05, 0) is 24.3 Å². The summed E-state index contributed by atoms with van der Waals surface area (Å²) in [5.74, 6) is -1.46. The van der Waals surface area contributed by atoms with E-state index in [4.69, 9.17) is 16.1 Å². The first-order chi connectivity index (χ1) is 12.1. The average molecular weight is 364 g/mol. The summed E-state index contributed by atoms with van der Waals surface area (Å²) < 4.78 is 32.4. The number of aromatic nitrogens is 2. The van der Waals surface area contributed by atoms with Crippen LogP contribution in [-0.2, 0) is 6.42 Å². The Morgan fingerprint density at radius 2 is 1.88 bits per heavy atom. The number of halogens is 3. The van der Waals surface area contributed by atoms with Crippen LogP contribution in [0.15, 0.2) is 47.0 Å². The molecule has 3 aromatic rings. The second-order valence-corrected chi connectivity index (χ2v) is 5.50. The van der Waals surface area contributed by atoms with Gasteiger partial charge in [0.1, 0.15) is 11.6 Å². The summed E-state index contributed by atoms with van der Waals surface area (Å²) in [5, 5.41) is 6.26. The molecule has 8 heteroatoms. The van der Waals surface area contributed by atoms with Crippen molar-refractivity contribution in [2.75, 3.05) is 6.54 Å². The molecule has 1 aromatic heterocycles. The molecule has 0 fully saturated rings. The standard InChI is InChI=1S/C17H12ClF2N3O2/c18-11-5-3-7-13(20)15(11)17(24)21-9-8-14-22-16(23-25-14)10-4-1-2-6-12(10)19/h1-7H,8-9H2,(H,21,24). The molecule has 0 saturated heterocycles. The number of carbonyl (C=O) groups excluding carboxylic acids is 1. The maximum Gasteiger partial charge on any atom is 0.255 e. The fourth-order valence-electron chi connectivity index (χ4n) is 2.19. The van der Waals surface area contributed by atoms with Gasteiger partial charge in [0.25, 0.3) is 5.91 Å². The first-order valence-corrected chi connectivity index (χ1v) is 7.74. The van der Waals surface area contributed by atoms with E-state index in [9.17, 15) is 13.6 Å². The van der Waals surface area contributed by atoms with Crippen LogP contribution in [-0.4, -0.2) is 22.6 Å². The SMILES string of the molecule is O=C(NCCc1nc(-c2ccccc2F)no1)c1c(F)cccc1Cl. The normalized spacial score (nSPS) is 10.7. The Balaban J connectivity index is 1.62. The third-order valence-corrected chi connectivity index (χ3v) is 3.71. The van der Waals surface area contributed by atoms with E-state index in [1.807, 2.05) is 0 Å². The molecule has 1 N–H and O–H groups in total. The van der Waals surface area contributed by atoms with Gasteiger partial charge in [-0.2, -0.15) is 4.98 Å². The lowest BCUT2D eigenvalue weighted by molar-refractivity contribution is 0.0949. The number of hydrogen-bond acceptors (Lipinski definition) is 4. The van der Waals surface area contributed by atoms with Crippen molar-refractivity contribution < 1.29 is 18.1 Å². The van der Waals surface area contributed by atoms with E-state index in [-0.39, 0.29) is 40.8 Å². The number of carbonyl (C=O) groups is 1. The molecule has 1 heterocycles. The van der Waals surface area contributed by atoms with Crippen molar-refractivity contribution in [1.82, 2.24) is 15.5 Å². The fraction of sp³-hybridized carbons (Fsp3) is 0.118. The molecule has 0 aliphatic rings. The predicted molar refractivity (Wildman–Crippen MR) is 87.1 cm³/mol. The predicted octanol–water partition coefficient (Wildman–Crippen LogP) is 3.64. The Labute approximate surface area is 146 Å². The third-order valence-electron chi connectivity index (χ3n) is 3.40. The highest BCUT2D eigenvalue weighted by atomic mass is 35.5. The van der Waals surface area contributed by atoms with Crippen LogP contribution in [0.1, 0.15) is 16.2 Å². The topological polar surface area (TPSA) is 68.0 Å². The fourth-order valence-corrected chi connectivity index (χ4v) is 2.44. The van der Waals surface area contributed by atoms with Crippen molar-refractivity contribution in [3.63, 3.8) is 0 Å². The smallest absolute Gasteiger partial charge is 0.255 e. The van der Waals surface area contributed by atoms with E-state index in [2.05, 4.69) is 15.5 Å². The van der Waals surface area contributed by atoms with Crippen molar-refractivity contribution in [2.45, 2.75) is 6.42 Å². The molecule has 2 aromatic carbocycles. The van der Waals surface area contributed by atoms with E-state index >= 15 is 0 Å². The molecule has 0 aliphatic carbocycles. The number of hydrogen-bond donors (Lipinski definition) is 1. The molecular weight excluding hydrogens is 352 g/mol. The average Bonchev–Trinajstić information content (AvgIpc) is 3.04. The summed E-state index contributed by atoms with van der Waals surface area (Å²) in [5.41, 5.74) is 0.00131. The molecule has 0 aliphatic heterocycles. The molecule has 0 radical (unpaired) electrons. The van der Waals surface area contributed by atoms with Crippen LogP contribution in [0.2, 0.25) is 5.02 Å². The number of benzene rings is 2. The zero-order valence-electron chi connectivity index (χ0n) is 12.8. The van der Waals surface area contributed by atoms with Gasteiger partial charge in [-0.1, -0.05) is 35.0 Å². The zero-order valence-corrected chi connectivity index (χ0v) is 13.6. The molecular formula is C17H12ClF2N3O2. The minimum Gasteiger partial charge on any atom is -0.351 e. The molecule has 128 valence electrons. The first kappa shape index (κ1) is 17.0. The van der Waals surface area contributed by atoms with Crippen LogP contribution in [0.25, 0.3) is 11.4 Å². The minimum atomic E-state index is -0.704. The van der Waals surface area contributed by atoms with E-state index in [0.717, 1.165) is 6.07 Å². The highest BCUT2D eigenvalue weighted by Crippen LogP contribution is 2.20. The lowest BCUT2D eigenvalue weighted by Gasteiger charge is -2.06. The van der Waals surface area contributed by atoms with Gasteiger partial charge in [-0.3, -0.25) is 4.79 Å². The monoisotopic (exact) mass is 363 g/mol. The van der Waals surface area contributed by atoms with Gasteiger partial charge in [0.05, 0.1) is 16.1 Å².